The number of thioether (sulfide) groups is 2. The van der Waals surface area contributed by atoms with Crippen LogP contribution < -0.4 is 4.90 Å². The van der Waals surface area contributed by atoms with Gasteiger partial charge in [0.1, 0.15) is 0 Å². The molecule has 0 amide bonds. The Morgan fingerprint density at radius 3 is 2.02 bits per heavy atom. The molecule has 228 valence electrons. The first kappa shape index (κ1) is 33.6. The lowest BCUT2D eigenvalue weighted by Gasteiger charge is -2.36. The Balaban J connectivity index is 1.54. The van der Waals surface area contributed by atoms with Gasteiger partial charge in [0.2, 0.25) is 0 Å². The van der Waals surface area contributed by atoms with Crippen LogP contribution in [0.2, 0.25) is 0 Å². The Morgan fingerprint density at radius 2 is 1.44 bits per heavy atom. The summed E-state index contributed by atoms with van der Waals surface area (Å²) in [5, 5.41) is 2.53. The summed E-state index contributed by atoms with van der Waals surface area (Å²) in [6.45, 7) is 10.7. The average molecular weight is 602 g/mol. The number of hydrogen-bond acceptors (Lipinski definition) is 7. The highest BCUT2D eigenvalue weighted by molar-refractivity contribution is 8.00. The molecule has 5 nitrogen and oxygen atoms in total. The minimum absolute atomic E-state index is 0.106. The molecule has 0 radical (unpaired) electrons. The fraction of sp³-hybridized carbons (Fsp3) is 0.647. The lowest BCUT2D eigenvalue weighted by Crippen LogP contribution is -2.33. The number of unbranched alkanes of at least 4 members (excludes halogenated alkanes) is 2. The highest BCUT2D eigenvalue weighted by atomic mass is 32.2. The van der Waals surface area contributed by atoms with E-state index in [0.717, 1.165) is 43.9 Å². The average Bonchev–Trinajstić information content (AvgIpc) is 2.99. The van der Waals surface area contributed by atoms with Crippen molar-refractivity contribution in [3.05, 3.63) is 42.0 Å². The fourth-order valence-corrected chi connectivity index (χ4v) is 7.25. The van der Waals surface area contributed by atoms with Crippen molar-refractivity contribution >= 4 is 51.9 Å². The number of anilines is 1. The van der Waals surface area contributed by atoms with Crippen LogP contribution in [-0.2, 0) is 19.1 Å². The van der Waals surface area contributed by atoms with Crippen LogP contribution in [-0.4, -0.2) is 54.8 Å². The maximum atomic E-state index is 12.5. The smallest absolute Gasteiger partial charge is 0.315 e. The van der Waals surface area contributed by atoms with Crippen molar-refractivity contribution in [2.75, 3.05) is 47.8 Å². The Bertz CT molecular complexity index is 999. The summed E-state index contributed by atoms with van der Waals surface area (Å²) in [5.41, 5.74) is 2.57. The molecule has 3 rings (SSSR count). The molecule has 0 N–H and O–H groups in total. The minimum atomic E-state index is -0.119. The van der Waals surface area contributed by atoms with Gasteiger partial charge in [-0.3, -0.25) is 9.59 Å². The third-order valence-corrected chi connectivity index (χ3v) is 10.2. The number of carbonyl (C=O) groups is 2. The van der Waals surface area contributed by atoms with Crippen molar-refractivity contribution in [3.63, 3.8) is 0 Å². The van der Waals surface area contributed by atoms with Gasteiger partial charge in [-0.2, -0.15) is 0 Å². The van der Waals surface area contributed by atoms with Crippen molar-refractivity contribution < 1.29 is 19.1 Å². The van der Waals surface area contributed by atoms with Gasteiger partial charge < -0.3 is 14.4 Å². The largest absolute Gasteiger partial charge is 0.465 e. The van der Waals surface area contributed by atoms with Crippen LogP contribution in [0, 0.1) is 11.8 Å². The van der Waals surface area contributed by atoms with E-state index >= 15 is 0 Å². The van der Waals surface area contributed by atoms with E-state index in [2.05, 4.69) is 69.0 Å². The van der Waals surface area contributed by atoms with Crippen LogP contribution in [0.1, 0.15) is 90.5 Å². The molecule has 7 heteroatoms. The van der Waals surface area contributed by atoms with Crippen molar-refractivity contribution in [3.8, 4) is 0 Å². The van der Waals surface area contributed by atoms with Crippen molar-refractivity contribution in [1.29, 1.82) is 0 Å². The lowest BCUT2D eigenvalue weighted by molar-refractivity contribution is -0.142. The monoisotopic (exact) mass is 601 g/mol. The van der Waals surface area contributed by atoms with Crippen LogP contribution in [0.3, 0.4) is 0 Å². The molecule has 0 aliphatic carbocycles. The molecule has 0 saturated heterocycles. The molecular formula is C34H51NO4S2. The Kier molecular flexibility index (Phi) is 15.3. The normalized spacial score (nSPS) is 16.0. The zero-order valence-electron chi connectivity index (χ0n) is 25.7. The molecule has 1 heterocycles. The lowest BCUT2D eigenvalue weighted by atomic mass is 9.89. The topological polar surface area (TPSA) is 55.8 Å². The maximum Gasteiger partial charge on any atom is 0.315 e. The second kappa shape index (κ2) is 18.6. The molecule has 0 spiro atoms. The molecule has 2 aromatic rings. The first-order valence-electron chi connectivity index (χ1n) is 15.7. The molecule has 0 saturated carbocycles. The van der Waals surface area contributed by atoms with E-state index in [1.807, 2.05) is 0 Å². The molecule has 1 aliphatic heterocycles. The summed E-state index contributed by atoms with van der Waals surface area (Å²) in [6.07, 6.45) is 9.08. The second-order valence-electron chi connectivity index (χ2n) is 11.3. The Labute approximate surface area is 256 Å². The van der Waals surface area contributed by atoms with E-state index in [0.29, 0.717) is 42.5 Å². The summed E-state index contributed by atoms with van der Waals surface area (Å²) in [4.78, 5) is 27.4. The second-order valence-corrected chi connectivity index (χ2v) is 13.3. The number of hydrogen-bond donors (Lipinski definition) is 0. The van der Waals surface area contributed by atoms with Gasteiger partial charge in [-0.05, 0) is 41.7 Å². The molecule has 2 aromatic carbocycles. The summed E-state index contributed by atoms with van der Waals surface area (Å²) < 4.78 is 11.3. The molecular weight excluding hydrogens is 551 g/mol. The van der Waals surface area contributed by atoms with E-state index in [-0.39, 0.29) is 11.9 Å². The zero-order valence-corrected chi connectivity index (χ0v) is 27.3. The number of rotatable bonds is 20. The zero-order chi connectivity index (χ0) is 29.5. The standard InChI is InChI=1S/C34H51NO4S2/c1-5-9-13-26(7-3)20-38-32(36)23-40-22-29-19-35(31-18-12-16-28-15-11-17-30(29)34(28)31)25-41-24-33(37)39-21-27(8-4)14-10-6-2/h11-12,15-18,26-27,29H,5-10,13-14,19-25H2,1-4H3. The van der Waals surface area contributed by atoms with Gasteiger partial charge in [0.15, 0.2) is 0 Å². The van der Waals surface area contributed by atoms with E-state index in [1.54, 1.807) is 23.5 Å². The van der Waals surface area contributed by atoms with Gasteiger partial charge in [0.05, 0.1) is 30.6 Å². The van der Waals surface area contributed by atoms with Crippen LogP contribution >= 0.6 is 23.5 Å². The molecule has 0 bridgehead atoms. The summed E-state index contributed by atoms with van der Waals surface area (Å²) in [7, 11) is 0. The van der Waals surface area contributed by atoms with Crippen LogP contribution in [0.5, 0.6) is 0 Å². The number of esters is 2. The number of ether oxygens (including phenoxy) is 2. The fourth-order valence-electron chi connectivity index (χ4n) is 5.51. The van der Waals surface area contributed by atoms with Crippen LogP contribution in [0.4, 0.5) is 5.69 Å². The first-order chi connectivity index (χ1) is 20.0. The van der Waals surface area contributed by atoms with Crippen molar-refractivity contribution in [1.82, 2.24) is 0 Å². The summed E-state index contributed by atoms with van der Waals surface area (Å²) in [5.74, 6) is 3.34. The van der Waals surface area contributed by atoms with E-state index < -0.39 is 0 Å². The van der Waals surface area contributed by atoms with Crippen LogP contribution in [0.25, 0.3) is 10.8 Å². The van der Waals surface area contributed by atoms with E-state index in [9.17, 15) is 9.59 Å². The maximum absolute atomic E-state index is 12.5. The van der Waals surface area contributed by atoms with Gasteiger partial charge in [-0.15, -0.1) is 23.5 Å². The molecule has 1 aliphatic rings. The molecule has 0 aromatic heterocycles. The molecule has 3 unspecified atom stereocenters. The van der Waals surface area contributed by atoms with Crippen molar-refractivity contribution in [2.24, 2.45) is 11.8 Å². The van der Waals surface area contributed by atoms with E-state index in [4.69, 9.17) is 9.47 Å². The van der Waals surface area contributed by atoms with Gasteiger partial charge in [-0.25, -0.2) is 0 Å². The van der Waals surface area contributed by atoms with Gasteiger partial charge >= 0.3 is 11.9 Å². The third-order valence-electron chi connectivity index (χ3n) is 8.19. The summed E-state index contributed by atoms with van der Waals surface area (Å²) in [6, 6.07) is 13.0. The molecule has 0 fully saturated rings. The minimum Gasteiger partial charge on any atom is -0.465 e. The highest BCUT2D eigenvalue weighted by Crippen LogP contribution is 2.41. The number of benzene rings is 2. The first-order valence-corrected chi connectivity index (χ1v) is 18.0. The molecule has 3 atom stereocenters. The highest BCUT2D eigenvalue weighted by Gasteiger charge is 2.27. The van der Waals surface area contributed by atoms with Gasteiger partial charge in [-0.1, -0.05) is 96.6 Å². The predicted molar refractivity (Wildman–Crippen MR) is 177 cm³/mol. The quantitative estimate of drug-likeness (QED) is 0.141. The van der Waals surface area contributed by atoms with Gasteiger partial charge in [0, 0.05) is 29.3 Å². The van der Waals surface area contributed by atoms with Crippen molar-refractivity contribution in [2.45, 2.75) is 85.0 Å². The van der Waals surface area contributed by atoms with Gasteiger partial charge in [0.25, 0.3) is 0 Å². The predicted octanol–water partition coefficient (Wildman–Crippen LogP) is 8.69. The number of nitrogens with zero attached hydrogens (tertiary/aromatic N) is 1. The number of carbonyl (C=O) groups excluding carboxylic acids is 2. The Hall–Kier alpha value is -1.86. The SMILES string of the molecule is CCCCC(CC)COC(=O)CSCC1CN(CSCC(=O)OCC(CC)CCCC)c2cccc3cccc1c23. The van der Waals surface area contributed by atoms with Crippen LogP contribution in [0.15, 0.2) is 36.4 Å². The molecule has 41 heavy (non-hydrogen) atoms. The van der Waals surface area contributed by atoms with E-state index in [1.165, 1.54) is 47.7 Å². The Morgan fingerprint density at radius 1 is 0.854 bits per heavy atom. The summed E-state index contributed by atoms with van der Waals surface area (Å²) >= 11 is 3.29. The third kappa shape index (κ3) is 10.7.